The predicted octanol–water partition coefficient (Wildman–Crippen LogP) is 3.31. The molecule has 0 aromatic heterocycles. The third kappa shape index (κ3) is 6.17. The van der Waals surface area contributed by atoms with Crippen LogP contribution in [-0.4, -0.2) is 25.4 Å². The highest BCUT2D eigenvalue weighted by atomic mass is 16.5. The van der Waals surface area contributed by atoms with Gasteiger partial charge in [0.1, 0.15) is 5.75 Å². The first kappa shape index (κ1) is 13.8. The third-order valence-corrected chi connectivity index (χ3v) is 2.11. The van der Waals surface area contributed by atoms with Gasteiger partial charge in [-0.3, -0.25) is 0 Å². The van der Waals surface area contributed by atoms with Crippen LogP contribution in [-0.2, 0) is 4.74 Å². The fourth-order valence-corrected chi connectivity index (χ4v) is 1.41. The lowest BCUT2D eigenvalue weighted by Crippen LogP contribution is -2.13. The Labute approximate surface area is 104 Å². The van der Waals surface area contributed by atoms with E-state index in [9.17, 15) is 0 Å². The van der Waals surface area contributed by atoms with Crippen LogP contribution in [0.5, 0.6) is 5.75 Å². The van der Waals surface area contributed by atoms with Gasteiger partial charge in [0.25, 0.3) is 0 Å². The van der Waals surface area contributed by atoms with Crippen LogP contribution in [0, 0.1) is 0 Å². The van der Waals surface area contributed by atoms with Gasteiger partial charge in [-0.25, -0.2) is 0 Å². The Kier molecular flexibility index (Phi) is 5.84. The Morgan fingerprint density at radius 3 is 2.18 bits per heavy atom. The lowest BCUT2D eigenvalue weighted by molar-refractivity contribution is 0.0870. The Balaban J connectivity index is 2.30. The summed E-state index contributed by atoms with van der Waals surface area (Å²) in [5.74, 6) is 0.906. The van der Waals surface area contributed by atoms with Crippen LogP contribution in [0.15, 0.2) is 24.3 Å². The lowest BCUT2D eigenvalue weighted by atomic mass is 10.3. The second-order valence-corrected chi connectivity index (χ2v) is 4.54. The van der Waals surface area contributed by atoms with Gasteiger partial charge < -0.3 is 14.8 Å². The van der Waals surface area contributed by atoms with Gasteiger partial charge in [-0.05, 0) is 52.0 Å². The molecule has 0 amide bonds. The molecule has 1 aromatic rings. The van der Waals surface area contributed by atoms with Crippen molar-refractivity contribution in [3.8, 4) is 5.75 Å². The molecule has 0 fully saturated rings. The lowest BCUT2D eigenvalue weighted by Gasteiger charge is -2.12. The van der Waals surface area contributed by atoms with Crippen molar-refractivity contribution in [1.82, 2.24) is 0 Å². The first-order valence-corrected chi connectivity index (χ1v) is 6.20. The van der Waals surface area contributed by atoms with E-state index in [0.29, 0.717) is 6.10 Å². The molecule has 17 heavy (non-hydrogen) atoms. The minimum Gasteiger partial charge on any atom is -0.491 e. The predicted molar refractivity (Wildman–Crippen MR) is 71.8 cm³/mol. The molecule has 3 nitrogen and oxygen atoms in total. The molecule has 0 aliphatic carbocycles. The van der Waals surface area contributed by atoms with Crippen molar-refractivity contribution < 1.29 is 9.47 Å². The van der Waals surface area contributed by atoms with E-state index in [2.05, 4.69) is 5.32 Å². The SMILES string of the molecule is CC(C)OCCNc1ccc(OC(C)C)cc1. The van der Waals surface area contributed by atoms with E-state index in [1.807, 2.05) is 52.0 Å². The summed E-state index contributed by atoms with van der Waals surface area (Å²) in [4.78, 5) is 0. The normalized spacial score (nSPS) is 10.9. The van der Waals surface area contributed by atoms with Gasteiger partial charge >= 0.3 is 0 Å². The van der Waals surface area contributed by atoms with Crippen molar-refractivity contribution in [2.45, 2.75) is 39.9 Å². The van der Waals surface area contributed by atoms with Crippen molar-refractivity contribution in [2.75, 3.05) is 18.5 Å². The smallest absolute Gasteiger partial charge is 0.119 e. The molecule has 0 bridgehead atoms. The standard InChI is InChI=1S/C14H23NO2/c1-11(2)16-10-9-15-13-5-7-14(8-6-13)17-12(3)4/h5-8,11-12,15H,9-10H2,1-4H3. The number of hydrogen-bond acceptors (Lipinski definition) is 3. The van der Waals surface area contributed by atoms with Crippen molar-refractivity contribution in [3.05, 3.63) is 24.3 Å². The highest BCUT2D eigenvalue weighted by molar-refractivity contribution is 5.46. The van der Waals surface area contributed by atoms with Gasteiger partial charge in [0.2, 0.25) is 0 Å². The molecular formula is C14H23NO2. The van der Waals surface area contributed by atoms with E-state index in [4.69, 9.17) is 9.47 Å². The monoisotopic (exact) mass is 237 g/mol. The largest absolute Gasteiger partial charge is 0.491 e. The highest BCUT2D eigenvalue weighted by Crippen LogP contribution is 2.16. The highest BCUT2D eigenvalue weighted by Gasteiger charge is 1.98. The molecule has 0 saturated carbocycles. The van der Waals surface area contributed by atoms with Crippen molar-refractivity contribution in [3.63, 3.8) is 0 Å². The van der Waals surface area contributed by atoms with E-state index >= 15 is 0 Å². The van der Waals surface area contributed by atoms with E-state index in [1.54, 1.807) is 0 Å². The molecule has 0 saturated heterocycles. The van der Waals surface area contributed by atoms with E-state index in [1.165, 1.54) is 0 Å². The van der Waals surface area contributed by atoms with E-state index in [-0.39, 0.29) is 6.10 Å². The van der Waals surface area contributed by atoms with Crippen molar-refractivity contribution >= 4 is 5.69 Å². The van der Waals surface area contributed by atoms with Crippen LogP contribution in [0.4, 0.5) is 5.69 Å². The average Bonchev–Trinajstić information content (AvgIpc) is 2.25. The summed E-state index contributed by atoms with van der Waals surface area (Å²) < 4.78 is 11.0. The molecule has 0 aliphatic rings. The molecule has 0 radical (unpaired) electrons. The number of rotatable bonds is 7. The molecule has 0 unspecified atom stereocenters. The molecule has 1 N–H and O–H groups in total. The molecule has 0 heterocycles. The third-order valence-electron chi connectivity index (χ3n) is 2.11. The summed E-state index contributed by atoms with van der Waals surface area (Å²) in [5.41, 5.74) is 1.09. The second-order valence-electron chi connectivity index (χ2n) is 4.54. The van der Waals surface area contributed by atoms with Crippen LogP contribution >= 0.6 is 0 Å². The summed E-state index contributed by atoms with van der Waals surface area (Å²) in [5, 5.41) is 3.30. The molecule has 0 atom stereocenters. The molecular weight excluding hydrogens is 214 g/mol. The number of anilines is 1. The summed E-state index contributed by atoms with van der Waals surface area (Å²) in [6.07, 6.45) is 0.506. The van der Waals surface area contributed by atoms with Crippen LogP contribution in [0.1, 0.15) is 27.7 Å². The Morgan fingerprint density at radius 1 is 1.00 bits per heavy atom. The maximum absolute atomic E-state index is 5.57. The van der Waals surface area contributed by atoms with Gasteiger partial charge in [0.15, 0.2) is 0 Å². The van der Waals surface area contributed by atoms with Gasteiger partial charge in [0.05, 0.1) is 18.8 Å². The fraction of sp³-hybridized carbons (Fsp3) is 0.571. The zero-order chi connectivity index (χ0) is 12.7. The number of hydrogen-bond donors (Lipinski definition) is 1. The minimum atomic E-state index is 0.216. The number of ether oxygens (including phenoxy) is 2. The fourth-order valence-electron chi connectivity index (χ4n) is 1.41. The van der Waals surface area contributed by atoms with Crippen molar-refractivity contribution in [1.29, 1.82) is 0 Å². The molecule has 1 rings (SSSR count). The maximum Gasteiger partial charge on any atom is 0.119 e. The molecule has 0 spiro atoms. The van der Waals surface area contributed by atoms with Crippen LogP contribution in [0.2, 0.25) is 0 Å². The average molecular weight is 237 g/mol. The van der Waals surface area contributed by atoms with Crippen LogP contribution < -0.4 is 10.1 Å². The quantitative estimate of drug-likeness (QED) is 0.738. The van der Waals surface area contributed by atoms with Crippen LogP contribution in [0.25, 0.3) is 0 Å². The van der Waals surface area contributed by atoms with Gasteiger partial charge in [-0.2, -0.15) is 0 Å². The Hall–Kier alpha value is -1.22. The molecule has 3 heteroatoms. The van der Waals surface area contributed by atoms with Crippen molar-refractivity contribution in [2.24, 2.45) is 0 Å². The van der Waals surface area contributed by atoms with Crippen LogP contribution in [0.3, 0.4) is 0 Å². The number of benzene rings is 1. The molecule has 1 aromatic carbocycles. The molecule has 0 aliphatic heterocycles. The van der Waals surface area contributed by atoms with E-state index < -0.39 is 0 Å². The maximum atomic E-state index is 5.57. The number of nitrogens with one attached hydrogen (secondary N) is 1. The molecule has 96 valence electrons. The Bertz CT molecular complexity index is 307. The summed E-state index contributed by atoms with van der Waals surface area (Å²) in [6.45, 7) is 9.67. The first-order valence-electron chi connectivity index (χ1n) is 6.20. The van der Waals surface area contributed by atoms with Gasteiger partial charge in [0, 0.05) is 12.2 Å². The second kappa shape index (κ2) is 7.17. The zero-order valence-corrected chi connectivity index (χ0v) is 11.2. The summed E-state index contributed by atoms with van der Waals surface area (Å²) >= 11 is 0. The minimum absolute atomic E-state index is 0.216. The summed E-state index contributed by atoms with van der Waals surface area (Å²) in [7, 11) is 0. The first-order chi connectivity index (χ1) is 8.08. The topological polar surface area (TPSA) is 30.5 Å². The van der Waals surface area contributed by atoms with Gasteiger partial charge in [-0.15, -0.1) is 0 Å². The Morgan fingerprint density at radius 2 is 1.65 bits per heavy atom. The zero-order valence-electron chi connectivity index (χ0n) is 11.2. The van der Waals surface area contributed by atoms with Gasteiger partial charge in [-0.1, -0.05) is 0 Å². The van der Waals surface area contributed by atoms with E-state index in [0.717, 1.165) is 24.6 Å². The summed E-state index contributed by atoms with van der Waals surface area (Å²) in [6, 6.07) is 8.00.